The van der Waals surface area contributed by atoms with Gasteiger partial charge in [0.1, 0.15) is 0 Å². The molecule has 0 radical (unpaired) electrons. The number of piperidine rings is 1. The topological polar surface area (TPSA) is 41.9 Å². The summed E-state index contributed by atoms with van der Waals surface area (Å²) in [6.45, 7) is 5.87. The van der Waals surface area contributed by atoms with Crippen molar-refractivity contribution < 1.29 is 14.6 Å². The lowest BCUT2D eigenvalue weighted by molar-refractivity contribution is -0.0681. The van der Waals surface area contributed by atoms with Gasteiger partial charge in [0.15, 0.2) is 6.29 Å². The zero-order valence-electron chi connectivity index (χ0n) is 13.0. The lowest BCUT2D eigenvalue weighted by Crippen LogP contribution is -2.46. The minimum Gasteiger partial charge on any atom is -0.396 e. The number of rotatable bonds is 4. The lowest BCUT2D eigenvalue weighted by atomic mass is 9.83. The molecule has 5 heteroatoms. The monoisotopic (exact) mass is 325 g/mol. The second-order valence-electron chi connectivity index (χ2n) is 6.78. The quantitative estimate of drug-likeness (QED) is 0.924. The molecule has 22 heavy (non-hydrogen) atoms. The van der Waals surface area contributed by atoms with E-state index in [9.17, 15) is 5.11 Å². The van der Waals surface area contributed by atoms with Crippen molar-refractivity contribution in [3.63, 3.8) is 0 Å². The van der Waals surface area contributed by atoms with E-state index >= 15 is 0 Å². The largest absolute Gasteiger partial charge is 0.396 e. The molecule has 1 aromatic carbocycles. The molecule has 1 N–H and O–H groups in total. The summed E-state index contributed by atoms with van der Waals surface area (Å²) in [6, 6.07) is 7.60. The first-order chi connectivity index (χ1) is 10.6. The Hall–Kier alpha value is -0.650. The van der Waals surface area contributed by atoms with E-state index in [1.807, 2.05) is 24.3 Å². The highest BCUT2D eigenvalue weighted by molar-refractivity contribution is 6.30. The summed E-state index contributed by atoms with van der Waals surface area (Å²) in [5, 5.41) is 10.3. The number of halogens is 1. The van der Waals surface area contributed by atoms with Crippen molar-refractivity contribution >= 4 is 11.6 Å². The predicted molar refractivity (Wildman–Crippen MR) is 85.9 cm³/mol. The SMILES string of the molecule is CC1(CO)CCCN(CC2COC(c3ccc(Cl)cc3)O2)C1. The minimum absolute atomic E-state index is 0.0211. The fraction of sp³-hybridized carbons (Fsp3) is 0.647. The van der Waals surface area contributed by atoms with E-state index in [0.29, 0.717) is 6.61 Å². The molecule has 2 aliphatic rings. The Labute approximate surface area is 137 Å². The summed E-state index contributed by atoms with van der Waals surface area (Å²) in [6.07, 6.45) is 2.01. The second kappa shape index (κ2) is 6.85. The number of aliphatic hydroxyl groups is 1. The Morgan fingerprint density at radius 2 is 2.14 bits per heavy atom. The Morgan fingerprint density at radius 1 is 1.36 bits per heavy atom. The molecule has 4 nitrogen and oxygen atoms in total. The molecule has 3 unspecified atom stereocenters. The molecule has 3 rings (SSSR count). The van der Waals surface area contributed by atoms with Crippen molar-refractivity contribution in [3.8, 4) is 0 Å². The molecule has 2 aliphatic heterocycles. The van der Waals surface area contributed by atoms with Crippen LogP contribution in [-0.2, 0) is 9.47 Å². The Kier molecular flexibility index (Phi) is 5.05. The van der Waals surface area contributed by atoms with Gasteiger partial charge in [-0.1, -0.05) is 30.7 Å². The van der Waals surface area contributed by atoms with Crippen LogP contribution >= 0.6 is 11.6 Å². The number of hydrogen-bond donors (Lipinski definition) is 1. The van der Waals surface area contributed by atoms with Crippen LogP contribution in [0.25, 0.3) is 0 Å². The van der Waals surface area contributed by atoms with Crippen LogP contribution in [0.1, 0.15) is 31.6 Å². The van der Waals surface area contributed by atoms with Crippen LogP contribution in [0.4, 0.5) is 0 Å². The van der Waals surface area contributed by atoms with Gasteiger partial charge < -0.3 is 19.5 Å². The van der Waals surface area contributed by atoms with Gasteiger partial charge in [-0.15, -0.1) is 0 Å². The molecule has 1 aromatic rings. The highest BCUT2D eigenvalue weighted by Gasteiger charge is 2.34. The van der Waals surface area contributed by atoms with Crippen LogP contribution in [0.3, 0.4) is 0 Å². The molecule has 3 atom stereocenters. The van der Waals surface area contributed by atoms with Crippen molar-refractivity contribution in [1.29, 1.82) is 0 Å². The first-order valence-corrected chi connectivity index (χ1v) is 8.31. The van der Waals surface area contributed by atoms with Crippen molar-refractivity contribution in [2.75, 3.05) is 32.8 Å². The van der Waals surface area contributed by atoms with Crippen LogP contribution in [0.2, 0.25) is 5.02 Å². The molecular weight excluding hydrogens is 302 g/mol. The molecule has 0 amide bonds. The molecule has 0 bridgehead atoms. The van der Waals surface area contributed by atoms with Crippen LogP contribution in [-0.4, -0.2) is 49.0 Å². The van der Waals surface area contributed by atoms with Crippen molar-refractivity contribution in [2.24, 2.45) is 5.41 Å². The smallest absolute Gasteiger partial charge is 0.184 e. The number of likely N-dealkylation sites (tertiary alicyclic amines) is 1. The third-order valence-corrected chi connectivity index (χ3v) is 4.85. The third-order valence-electron chi connectivity index (χ3n) is 4.60. The van der Waals surface area contributed by atoms with Crippen LogP contribution in [0.15, 0.2) is 24.3 Å². The zero-order chi connectivity index (χ0) is 15.6. The summed E-state index contributed by atoms with van der Waals surface area (Å²) in [5.41, 5.74) is 1.03. The molecular formula is C17H24ClNO3. The van der Waals surface area contributed by atoms with E-state index in [-0.39, 0.29) is 24.4 Å². The standard InChI is InChI=1S/C17H24ClNO3/c1-17(12-20)7-2-8-19(11-17)9-15-10-21-16(22-15)13-3-5-14(18)6-4-13/h3-6,15-16,20H,2,7-12H2,1H3. The number of aliphatic hydroxyl groups excluding tert-OH is 1. The fourth-order valence-corrected chi connectivity index (χ4v) is 3.46. The molecule has 0 aliphatic carbocycles. The van der Waals surface area contributed by atoms with Gasteiger partial charge in [0.2, 0.25) is 0 Å². The summed E-state index contributed by atoms with van der Waals surface area (Å²) in [7, 11) is 0. The van der Waals surface area contributed by atoms with Gasteiger partial charge in [0, 0.05) is 35.7 Å². The summed E-state index contributed by atoms with van der Waals surface area (Å²) in [5.74, 6) is 0. The predicted octanol–water partition coefficient (Wildman–Crippen LogP) is 2.85. The van der Waals surface area contributed by atoms with Gasteiger partial charge in [0.25, 0.3) is 0 Å². The highest BCUT2D eigenvalue weighted by Crippen LogP contribution is 2.31. The van der Waals surface area contributed by atoms with Gasteiger partial charge in [-0.3, -0.25) is 0 Å². The number of hydrogen-bond acceptors (Lipinski definition) is 4. The van der Waals surface area contributed by atoms with Gasteiger partial charge in [-0.2, -0.15) is 0 Å². The van der Waals surface area contributed by atoms with E-state index < -0.39 is 0 Å². The average Bonchev–Trinajstić information content (AvgIpc) is 2.96. The summed E-state index contributed by atoms with van der Waals surface area (Å²) in [4.78, 5) is 2.39. The first kappa shape index (κ1) is 16.2. The van der Waals surface area contributed by atoms with Crippen molar-refractivity contribution in [2.45, 2.75) is 32.2 Å². The zero-order valence-corrected chi connectivity index (χ0v) is 13.8. The third kappa shape index (κ3) is 3.81. The normalized spacial score (nSPS) is 33.2. The molecule has 0 saturated carbocycles. The average molecular weight is 326 g/mol. The van der Waals surface area contributed by atoms with Gasteiger partial charge in [-0.05, 0) is 31.5 Å². The Morgan fingerprint density at radius 3 is 2.86 bits per heavy atom. The van der Waals surface area contributed by atoms with E-state index in [4.69, 9.17) is 21.1 Å². The Balaban J connectivity index is 1.53. The Bertz CT molecular complexity index is 495. The van der Waals surface area contributed by atoms with Crippen LogP contribution in [0, 0.1) is 5.41 Å². The highest BCUT2D eigenvalue weighted by atomic mass is 35.5. The van der Waals surface area contributed by atoms with Gasteiger partial charge in [-0.25, -0.2) is 0 Å². The molecule has 2 heterocycles. The maximum absolute atomic E-state index is 9.55. The first-order valence-electron chi connectivity index (χ1n) is 7.94. The molecule has 122 valence electrons. The second-order valence-corrected chi connectivity index (χ2v) is 7.22. The summed E-state index contributed by atoms with van der Waals surface area (Å²) < 4.78 is 11.8. The minimum atomic E-state index is -0.295. The molecule has 2 fully saturated rings. The molecule has 2 saturated heterocycles. The van der Waals surface area contributed by atoms with Crippen molar-refractivity contribution in [1.82, 2.24) is 4.90 Å². The van der Waals surface area contributed by atoms with Crippen LogP contribution < -0.4 is 0 Å². The number of benzene rings is 1. The van der Waals surface area contributed by atoms with E-state index in [2.05, 4.69) is 11.8 Å². The van der Waals surface area contributed by atoms with Crippen molar-refractivity contribution in [3.05, 3.63) is 34.9 Å². The van der Waals surface area contributed by atoms with Gasteiger partial charge in [0.05, 0.1) is 12.7 Å². The van der Waals surface area contributed by atoms with E-state index in [0.717, 1.165) is 43.1 Å². The summed E-state index contributed by atoms with van der Waals surface area (Å²) >= 11 is 5.91. The molecule has 0 aromatic heterocycles. The maximum Gasteiger partial charge on any atom is 0.184 e. The van der Waals surface area contributed by atoms with Crippen LogP contribution in [0.5, 0.6) is 0 Å². The van der Waals surface area contributed by atoms with E-state index in [1.54, 1.807) is 0 Å². The number of ether oxygens (including phenoxy) is 2. The maximum atomic E-state index is 9.55. The van der Waals surface area contributed by atoms with E-state index in [1.165, 1.54) is 0 Å². The van der Waals surface area contributed by atoms with Gasteiger partial charge >= 0.3 is 0 Å². The molecule has 0 spiro atoms. The fourth-order valence-electron chi connectivity index (χ4n) is 3.34. The number of nitrogens with zero attached hydrogens (tertiary/aromatic N) is 1. The lowest BCUT2D eigenvalue weighted by Gasteiger charge is -2.40.